The van der Waals surface area contributed by atoms with Crippen LogP contribution in [0.5, 0.6) is 0 Å². The van der Waals surface area contributed by atoms with Crippen molar-refractivity contribution in [2.24, 2.45) is 0 Å². The average Bonchev–Trinajstić information content (AvgIpc) is 1.72. The Hall–Kier alpha value is 0.804. The number of hydrogen-bond acceptors (Lipinski definition) is 1. The van der Waals surface area contributed by atoms with Gasteiger partial charge in [-0.3, -0.25) is 6.08 Å². The van der Waals surface area contributed by atoms with Crippen molar-refractivity contribution in [1.29, 1.82) is 0 Å². The topological polar surface area (TPSA) is 12.0 Å². The third kappa shape index (κ3) is 3.39. The van der Waals surface area contributed by atoms with Crippen LogP contribution in [0.25, 0.3) is 0 Å². The van der Waals surface area contributed by atoms with Gasteiger partial charge in [-0.05, 0) is 13.1 Å². The monoisotopic (exact) mass is 171 g/mol. The molecule has 1 heterocycles. The fourth-order valence-electron chi connectivity index (χ4n) is 0.509. The van der Waals surface area contributed by atoms with Crippen molar-refractivity contribution in [3.05, 3.63) is 12.2 Å². The van der Waals surface area contributed by atoms with Gasteiger partial charge in [-0.1, -0.05) is 0 Å². The zero-order chi connectivity index (χ0) is 4.24. The summed E-state index contributed by atoms with van der Waals surface area (Å²) in [5, 5.41) is 3.17. The first-order valence-corrected chi connectivity index (χ1v) is 2.26. The summed E-state index contributed by atoms with van der Waals surface area (Å²) in [4.78, 5) is 0. The molecule has 0 aliphatic carbocycles. The molecule has 0 bridgehead atoms. The van der Waals surface area contributed by atoms with E-state index in [-0.39, 0.29) is 32.7 Å². The van der Waals surface area contributed by atoms with Crippen molar-refractivity contribution in [2.75, 3.05) is 13.1 Å². The van der Waals surface area contributed by atoms with E-state index < -0.39 is 0 Å². The molecule has 0 aromatic rings. The van der Waals surface area contributed by atoms with Crippen molar-refractivity contribution < 1.29 is 32.7 Å². The summed E-state index contributed by atoms with van der Waals surface area (Å²) in [5.74, 6) is 0. The van der Waals surface area contributed by atoms with Gasteiger partial charge < -0.3 is 11.4 Å². The van der Waals surface area contributed by atoms with E-state index in [1.165, 1.54) is 0 Å². The van der Waals surface area contributed by atoms with E-state index in [1.807, 2.05) is 6.08 Å². The van der Waals surface area contributed by atoms with E-state index >= 15 is 0 Å². The van der Waals surface area contributed by atoms with Gasteiger partial charge in [-0.2, -0.15) is 6.42 Å². The average molecular weight is 171 g/mol. The van der Waals surface area contributed by atoms with Crippen LogP contribution in [0.15, 0.2) is 6.08 Å². The Balaban J connectivity index is 0.000000360. The zero-order valence-corrected chi connectivity index (χ0v) is 7.11. The smallest absolute Gasteiger partial charge is 0.498 e. The van der Waals surface area contributed by atoms with Gasteiger partial charge in [0.15, 0.2) is 0 Å². The third-order valence-electron chi connectivity index (χ3n) is 0.837. The normalized spacial score (nSPS) is 18.3. The van der Waals surface area contributed by atoms with Gasteiger partial charge in [0, 0.05) is 0 Å². The Morgan fingerprint density at radius 2 is 2.43 bits per heavy atom. The van der Waals surface area contributed by atoms with Gasteiger partial charge in [0.05, 0.1) is 0 Å². The minimum Gasteiger partial charge on any atom is -0.498 e. The summed E-state index contributed by atoms with van der Waals surface area (Å²) >= 11 is 0. The molecule has 1 aliphatic rings. The van der Waals surface area contributed by atoms with Crippen molar-refractivity contribution in [3.63, 3.8) is 0 Å². The molecular weight excluding hydrogens is 163 g/mol. The van der Waals surface area contributed by atoms with Crippen LogP contribution in [-0.2, 0) is 32.7 Å². The molecule has 7 heavy (non-hydrogen) atoms. The van der Waals surface area contributed by atoms with Crippen LogP contribution in [0.1, 0.15) is 6.42 Å². The van der Waals surface area contributed by atoms with Gasteiger partial charge >= 0.3 is 32.7 Å². The van der Waals surface area contributed by atoms with Crippen molar-refractivity contribution >= 4 is 0 Å². The molecule has 0 unspecified atom stereocenters. The molecule has 2 heteroatoms. The molecule has 0 aromatic heterocycles. The van der Waals surface area contributed by atoms with Gasteiger partial charge in [0.2, 0.25) is 0 Å². The summed E-state index contributed by atoms with van der Waals surface area (Å²) < 4.78 is 0. The van der Waals surface area contributed by atoms with Crippen LogP contribution in [0.4, 0.5) is 0 Å². The number of hydrogen-bond donors (Lipinski definition) is 1. The molecule has 1 rings (SSSR count). The standard InChI is InChI=1S/C5H8N.Y/c1-2-4-6-5-3-1;/h2,6H,3-5H2;/q-1;+3. The molecule has 0 aromatic carbocycles. The second kappa shape index (κ2) is 4.95. The fraction of sp³-hybridized carbons (Fsp3) is 0.600. The third-order valence-corrected chi connectivity index (χ3v) is 0.837. The number of rotatable bonds is 0. The maximum absolute atomic E-state index is 3.17. The molecule has 0 amide bonds. The Bertz CT molecular complexity index is 53.1. The molecule has 1 nitrogen and oxygen atoms in total. The van der Waals surface area contributed by atoms with E-state index in [1.54, 1.807) is 0 Å². The summed E-state index contributed by atoms with van der Waals surface area (Å²) in [5.41, 5.74) is 0. The minimum absolute atomic E-state index is 0. The van der Waals surface area contributed by atoms with Crippen molar-refractivity contribution in [3.8, 4) is 0 Å². The predicted octanol–water partition coefficient (Wildman–Crippen LogP) is 0.337. The predicted molar refractivity (Wildman–Crippen MR) is 25.3 cm³/mol. The molecule has 0 atom stereocenters. The van der Waals surface area contributed by atoms with Crippen molar-refractivity contribution in [1.82, 2.24) is 5.32 Å². The van der Waals surface area contributed by atoms with E-state index in [4.69, 9.17) is 0 Å². The summed E-state index contributed by atoms with van der Waals surface area (Å²) in [6.45, 7) is 2.12. The Morgan fingerprint density at radius 1 is 1.57 bits per heavy atom. The molecule has 0 fully saturated rings. The zero-order valence-electron chi connectivity index (χ0n) is 4.28. The van der Waals surface area contributed by atoms with E-state index in [0.717, 1.165) is 19.5 Å². The minimum atomic E-state index is 0. The van der Waals surface area contributed by atoms with Gasteiger partial charge in [-0.25, -0.2) is 0 Å². The van der Waals surface area contributed by atoms with Crippen LogP contribution >= 0.6 is 0 Å². The first-order chi connectivity index (χ1) is 3.00. The molecule has 0 spiro atoms. The first kappa shape index (κ1) is 7.80. The molecule has 34 valence electrons. The maximum Gasteiger partial charge on any atom is 3.00 e. The Labute approximate surface area is 69.4 Å². The van der Waals surface area contributed by atoms with Crippen LogP contribution < -0.4 is 5.32 Å². The van der Waals surface area contributed by atoms with Gasteiger partial charge in [0.1, 0.15) is 0 Å². The summed E-state index contributed by atoms with van der Waals surface area (Å²) in [6.07, 6.45) is 6.21. The molecule has 1 aliphatic heterocycles. The van der Waals surface area contributed by atoms with E-state index in [2.05, 4.69) is 11.4 Å². The summed E-state index contributed by atoms with van der Waals surface area (Å²) in [6, 6.07) is 0. The van der Waals surface area contributed by atoms with Gasteiger partial charge in [-0.15, -0.1) is 0 Å². The second-order valence-electron chi connectivity index (χ2n) is 1.36. The molecule has 0 saturated heterocycles. The van der Waals surface area contributed by atoms with Gasteiger partial charge in [0.25, 0.3) is 0 Å². The van der Waals surface area contributed by atoms with Crippen LogP contribution in [0, 0.1) is 6.08 Å². The molecule has 1 N–H and O–H groups in total. The number of nitrogens with one attached hydrogen (secondary N) is 1. The Kier molecular flexibility index (Phi) is 5.52. The molecule has 0 radical (unpaired) electrons. The maximum atomic E-state index is 3.17. The Morgan fingerprint density at radius 3 is 2.57 bits per heavy atom. The van der Waals surface area contributed by atoms with E-state index in [0.29, 0.717) is 0 Å². The van der Waals surface area contributed by atoms with Crippen LogP contribution in [-0.4, -0.2) is 13.1 Å². The SMILES string of the molecule is [C-]1=CCNCC1.[Y+3]. The quantitative estimate of drug-likeness (QED) is 0.518. The second-order valence-corrected chi connectivity index (χ2v) is 1.36. The van der Waals surface area contributed by atoms with Crippen LogP contribution in [0.3, 0.4) is 0 Å². The molecular formula is C5H8NY+2. The first-order valence-electron chi connectivity index (χ1n) is 2.26. The van der Waals surface area contributed by atoms with Crippen LogP contribution in [0.2, 0.25) is 0 Å². The van der Waals surface area contributed by atoms with E-state index in [9.17, 15) is 0 Å². The molecule has 0 saturated carbocycles. The van der Waals surface area contributed by atoms with Crippen molar-refractivity contribution in [2.45, 2.75) is 6.42 Å². The fourth-order valence-corrected chi connectivity index (χ4v) is 0.509. The largest absolute Gasteiger partial charge is 3.00 e. The summed E-state index contributed by atoms with van der Waals surface area (Å²) in [7, 11) is 0.